The minimum absolute atomic E-state index is 0.233. The molecule has 2 aromatic rings. The number of carbonyl (C=O) groups is 1. The summed E-state index contributed by atoms with van der Waals surface area (Å²) in [6.07, 6.45) is 2.22. The molecule has 0 aliphatic heterocycles. The molecule has 0 spiro atoms. The van der Waals surface area contributed by atoms with E-state index in [1.54, 1.807) is 31.2 Å². The van der Waals surface area contributed by atoms with Crippen molar-refractivity contribution in [1.29, 1.82) is 5.26 Å². The number of nitrogens with zero attached hydrogens (tertiary/aromatic N) is 1. The highest BCUT2D eigenvalue weighted by Gasteiger charge is 2.32. The van der Waals surface area contributed by atoms with E-state index in [1.807, 2.05) is 0 Å². The fourth-order valence-corrected chi connectivity index (χ4v) is 5.00. The van der Waals surface area contributed by atoms with Gasteiger partial charge in [-0.25, -0.2) is 0 Å². The second kappa shape index (κ2) is 8.14. The molecule has 1 aromatic heterocycles. The second-order valence-electron chi connectivity index (χ2n) is 8.33. The van der Waals surface area contributed by atoms with Gasteiger partial charge in [0.1, 0.15) is 16.8 Å². The molecular formula is C22H25ClN2O2S. The number of benzene rings is 1. The van der Waals surface area contributed by atoms with E-state index in [0.717, 1.165) is 24.8 Å². The van der Waals surface area contributed by atoms with Crippen molar-refractivity contribution < 1.29 is 9.53 Å². The van der Waals surface area contributed by atoms with Crippen LogP contribution in [-0.2, 0) is 17.6 Å². The predicted octanol–water partition coefficient (Wildman–Crippen LogP) is 5.83. The summed E-state index contributed by atoms with van der Waals surface area (Å²) in [5.74, 6) is 0.843. The molecule has 0 bridgehead atoms. The van der Waals surface area contributed by atoms with Crippen LogP contribution in [0.1, 0.15) is 50.1 Å². The van der Waals surface area contributed by atoms with Crippen LogP contribution >= 0.6 is 22.9 Å². The molecule has 1 aliphatic rings. The Kier molecular flexibility index (Phi) is 6.02. The standard InChI is InChI=1S/C22H25ClN2O2S/c1-13(27-16-7-5-6-15(23)11-16)20(26)25-21-18(12-24)17-9-8-14(22(2,3)4)10-19(17)28-21/h5-7,11,13-14H,8-10H2,1-4H3,(H,25,26). The molecule has 1 amide bonds. The fraction of sp³-hybridized carbons (Fsp3) is 0.455. The number of hydrogen-bond donors (Lipinski definition) is 1. The lowest BCUT2D eigenvalue weighted by atomic mass is 9.72. The first-order valence-electron chi connectivity index (χ1n) is 9.46. The number of anilines is 1. The number of carbonyl (C=O) groups excluding carboxylic acids is 1. The molecule has 0 saturated heterocycles. The zero-order chi connectivity index (χ0) is 20.5. The van der Waals surface area contributed by atoms with Gasteiger partial charge in [-0.1, -0.05) is 38.4 Å². The van der Waals surface area contributed by atoms with Crippen molar-refractivity contribution in [3.8, 4) is 11.8 Å². The minimum atomic E-state index is -0.702. The van der Waals surface area contributed by atoms with Crippen molar-refractivity contribution in [1.82, 2.24) is 0 Å². The molecule has 0 radical (unpaired) electrons. The van der Waals surface area contributed by atoms with Gasteiger partial charge < -0.3 is 10.1 Å². The summed E-state index contributed by atoms with van der Waals surface area (Å²) in [5.41, 5.74) is 1.94. The molecule has 2 unspecified atom stereocenters. The number of hydrogen-bond acceptors (Lipinski definition) is 4. The summed E-state index contributed by atoms with van der Waals surface area (Å²) < 4.78 is 5.69. The van der Waals surface area contributed by atoms with E-state index in [0.29, 0.717) is 27.3 Å². The molecule has 28 heavy (non-hydrogen) atoms. The number of halogens is 1. The Morgan fingerprint density at radius 1 is 1.43 bits per heavy atom. The molecule has 1 N–H and O–H groups in total. The van der Waals surface area contributed by atoms with E-state index in [2.05, 4.69) is 32.2 Å². The summed E-state index contributed by atoms with van der Waals surface area (Å²) in [4.78, 5) is 13.9. The third-order valence-electron chi connectivity index (χ3n) is 5.32. The highest BCUT2D eigenvalue weighted by Crippen LogP contribution is 2.44. The van der Waals surface area contributed by atoms with E-state index in [4.69, 9.17) is 16.3 Å². The normalized spacial score (nSPS) is 17.4. The molecule has 6 heteroatoms. The summed E-state index contributed by atoms with van der Waals surface area (Å²) in [6, 6.07) is 9.24. The number of ether oxygens (including phenoxy) is 1. The third-order valence-corrected chi connectivity index (χ3v) is 6.72. The lowest BCUT2D eigenvalue weighted by molar-refractivity contribution is -0.122. The maximum absolute atomic E-state index is 12.6. The molecule has 4 nitrogen and oxygen atoms in total. The van der Waals surface area contributed by atoms with Crippen molar-refractivity contribution in [2.45, 2.75) is 53.1 Å². The highest BCUT2D eigenvalue weighted by molar-refractivity contribution is 7.16. The van der Waals surface area contributed by atoms with E-state index < -0.39 is 6.10 Å². The number of nitriles is 1. The summed E-state index contributed by atoms with van der Waals surface area (Å²) in [5, 5.41) is 13.8. The van der Waals surface area contributed by atoms with Gasteiger partial charge in [-0.3, -0.25) is 4.79 Å². The van der Waals surface area contributed by atoms with Gasteiger partial charge in [0.05, 0.1) is 5.56 Å². The minimum Gasteiger partial charge on any atom is -0.481 e. The highest BCUT2D eigenvalue weighted by atomic mass is 35.5. The van der Waals surface area contributed by atoms with Gasteiger partial charge in [0.25, 0.3) is 5.91 Å². The molecule has 2 atom stereocenters. The van der Waals surface area contributed by atoms with Gasteiger partial charge in [-0.05, 0) is 61.3 Å². The van der Waals surface area contributed by atoms with Gasteiger partial charge >= 0.3 is 0 Å². The maximum atomic E-state index is 12.6. The lowest BCUT2D eigenvalue weighted by Gasteiger charge is -2.33. The monoisotopic (exact) mass is 416 g/mol. The van der Waals surface area contributed by atoms with Gasteiger partial charge in [0, 0.05) is 9.90 Å². The van der Waals surface area contributed by atoms with Crippen LogP contribution in [-0.4, -0.2) is 12.0 Å². The van der Waals surface area contributed by atoms with E-state index in [1.165, 1.54) is 16.2 Å². The van der Waals surface area contributed by atoms with Gasteiger partial charge in [-0.15, -0.1) is 11.3 Å². The molecule has 0 saturated carbocycles. The smallest absolute Gasteiger partial charge is 0.265 e. The second-order valence-corrected chi connectivity index (χ2v) is 9.87. The first kappa shape index (κ1) is 20.7. The van der Waals surface area contributed by atoms with Gasteiger partial charge in [0.15, 0.2) is 6.10 Å². The zero-order valence-electron chi connectivity index (χ0n) is 16.6. The molecule has 1 heterocycles. The Labute approximate surface area is 175 Å². The molecule has 0 fully saturated rings. The summed E-state index contributed by atoms with van der Waals surface area (Å²) in [7, 11) is 0. The van der Waals surface area contributed by atoms with Crippen molar-refractivity contribution in [2.75, 3.05) is 5.32 Å². The van der Waals surface area contributed by atoms with Crippen LogP contribution < -0.4 is 10.1 Å². The van der Waals surface area contributed by atoms with Crippen LogP contribution in [0.2, 0.25) is 5.02 Å². The van der Waals surface area contributed by atoms with E-state index >= 15 is 0 Å². The predicted molar refractivity (Wildman–Crippen MR) is 114 cm³/mol. The molecule has 3 rings (SSSR count). The van der Waals surface area contributed by atoms with E-state index in [-0.39, 0.29) is 11.3 Å². The average Bonchev–Trinajstić information content (AvgIpc) is 2.97. The zero-order valence-corrected chi connectivity index (χ0v) is 18.2. The number of amides is 1. The van der Waals surface area contributed by atoms with Crippen molar-refractivity contribution in [2.24, 2.45) is 11.3 Å². The molecule has 1 aromatic carbocycles. The van der Waals surface area contributed by atoms with Crippen LogP contribution in [0, 0.1) is 22.7 Å². The average molecular weight is 417 g/mol. The quantitative estimate of drug-likeness (QED) is 0.681. The Balaban J connectivity index is 1.75. The van der Waals surface area contributed by atoms with Crippen LogP contribution in [0.5, 0.6) is 5.75 Å². The van der Waals surface area contributed by atoms with Crippen LogP contribution in [0.4, 0.5) is 5.00 Å². The summed E-state index contributed by atoms with van der Waals surface area (Å²) >= 11 is 7.49. The van der Waals surface area contributed by atoms with Crippen LogP contribution in [0.3, 0.4) is 0 Å². The van der Waals surface area contributed by atoms with Gasteiger partial charge in [0.2, 0.25) is 0 Å². The topological polar surface area (TPSA) is 62.1 Å². The van der Waals surface area contributed by atoms with Crippen molar-refractivity contribution >= 4 is 33.8 Å². The largest absolute Gasteiger partial charge is 0.481 e. The maximum Gasteiger partial charge on any atom is 0.265 e. The molecule has 148 valence electrons. The lowest BCUT2D eigenvalue weighted by Crippen LogP contribution is -2.30. The van der Waals surface area contributed by atoms with Gasteiger partial charge in [-0.2, -0.15) is 5.26 Å². The molecule has 1 aliphatic carbocycles. The Morgan fingerprint density at radius 2 is 2.18 bits per heavy atom. The molecular weight excluding hydrogens is 392 g/mol. The number of thiophene rings is 1. The van der Waals surface area contributed by atoms with Crippen molar-refractivity contribution in [3.05, 3.63) is 45.3 Å². The summed E-state index contributed by atoms with van der Waals surface area (Å²) in [6.45, 7) is 8.47. The first-order chi connectivity index (χ1) is 13.2. The van der Waals surface area contributed by atoms with E-state index in [9.17, 15) is 10.1 Å². The Bertz CT molecular complexity index is 924. The number of fused-ring (bicyclic) bond motifs is 1. The van der Waals surface area contributed by atoms with Crippen molar-refractivity contribution in [3.63, 3.8) is 0 Å². The fourth-order valence-electron chi connectivity index (χ4n) is 3.54. The van der Waals surface area contributed by atoms with Crippen LogP contribution in [0.25, 0.3) is 0 Å². The Hall–Kier alpha value is -2.03. The van der Waals surface area contributed by atoms with Crippen LogP contribution in [0.15, 0.2) is 24.3 Å². The third kappa shape index (κ3) is 4.51. The Morgan fingerprint density at radius 3 is 2.82 bits per heavy atom. The SMILES string of the molecule is CC(Oc1cccc(Cl)c1)C(=O)Nc1sc2c(c1C#N)CCC(C(C)(C)C)C2. The first-order valence-corrected chi connectivity index (χ1v) is 10.7. The number of nitrogens with one attached hydrogen (secondary N) is 1. The number of rotatable bonds is 4.